The molecule has 168 valence electrons. The summed E-state index contributed by atoms with van der Waals surface area (Å²) >= 11 is 11.8. The van der Waals surface area contributed by atoms with E-state index in [1.54, 1.807) is 6.07 Å². The van der Waals surface area contributed by atoms with Crippen LogP contribution in [0.4, 0.5) is 5.69 Å². The zero-order valence-electron chi connectivity index (χ0n) is 17.4. The number of nitrogens with one attached hydrogen (secondary N) is 2. The van der Waals surface area contributed by atoms with Crippen LogP contribution >= 0.6 is 23.2 Å². The number of anilines is 1. The Balaban J connectivity index is 1.51. The quantitative estimate of drug-likeness (QED) is 0.621. The summed E-state index contributed by atoms with van der Waals surface area (Å²) in [6.45, 7) is 3.24. The number of hydrogen-bond donors (Lipinski definition) is 2. The lowest BCUT2D eigenvalue weighted by Gasteiger charge is -2.18. The molecule has 0 spiro atoms. The number of rotatable bonds is 6. The number of amides is 3. The number of hydrazine groups is 1. The summed E-state index contributed by atoms with van der Waals surface area (Å²) in [6, 6.07) is 9.89. The third kappa shape index (κ3) is 5.77. The summed E-state index contributed by atoms with van der Waals surface area (Å²) in [4.78, 5) is 49.0. The maximum Gasteiger partial charge on any atom is 0.311 e. The molecule has 0 bridgehead atoms. The van der Waals surface area contributed by atoms with Crippen LogP contribution in [0.1, 0.15) is 27.9 Å². The van der Waals surface area contributed by atoms with Gasteiger partial charge in [-0.3, -0.25) is 29.6 Å². The number of carbonyl (C=O) groups excluding carboxylic acids is 4. The summed E-state index contributed by atoms with van der Waals surface area (Å²) in [5.41, 5.74) is 5.14. The van der Waals surface area contributed by atoms with Crippen molar-refractivity contribution in [1.82, 2.24) is 10.4 Å². The van der Waals surface area contributed by atoms with E-state index in [-0.39, 0.29) is 23.6 Å². The first-order chi connectivity index (χ1) is 15.1. The molecule has 3 rings (SSSR count). The Morgan fingerprint density at radius 1 is 1.12 bits per heavy atom. The highest BCUT2D eigenvalue weighted by Crippen LogP contribution is 2.22. The third-order valence-corrected chi connectivity index (χ3v) is 5.42. The molecule has 1 fully saturated rings. The van der Waals surface area contributed by atoms with Crippen molar-refractivity contribution >= 4 is 52.6 Å². The number of carbonyl (C=O) groups is 4. The van der Waals surface area contributed by atoms with Gasteiger partial charge in [-0.1, -0.05) is 40.9 Å². The largest absolute Gasteiger partial charge is 0.455 e. The van der Waals surface area contributed by atoms with Crippen molar-refractivity contribution in [3.63, 3.8) is 0 Å². The fourth-order valence-corrected chi connectivity index (χ4v) is 3.72. The van der Waals surface area contributed by atoms with E-state index in [9.17, 15) is 19.2 Å². The number of ether oxygens (including phenoxy) is 1. The van der Waals surface area contributed by atoms with E-state index in [0.29, 0.717) is 10.7 Å². The second-order valence-electron chi connectivity index (χ2n) is 7.44. The van der Waals surface area contributed by atoms with Gasteiger partial charge in [0.15, 0.2) is 6.61 Å². The number of hydrogen-bond acceptors (Lipinski definition) is 5. The summed E-state index contributed by atoms with van der Waals surface area (Å²) in [7, 11) is 0. The Labute approximate surface area is 194 Å². The number of aryl methyl sites for hydroxylation is 2. The molecule has 3 amide bonds. The topological polar surface area (TPSA) is 105 Å². The van der Waals surface area contributed by atoms with E-state index in [4.69, 9.17) is 27.9 Å². The highest BCUT2D eigenvalue weighted by atomic mass is 35.5. The zero-order chi connectivity index (χ0) is 23.4. The molecule has 1 atom stereocenters. The zero-order valence-corrected chi connectivity index (χ0v) is 18.9. The maximum atomic E-state index is 12.4. The van der Waals surface area contributed by atoms with Gasteiger partial charge in [0.25, 0.3) is 11.8 Å². The minimum absolute atomic E-state index is 0.0761. The predicted octanol–water partition coefficient (Wildman–Crippen LogP) is 3.29. The average molecular weight is 478 g/mol. The predicted molar refractivity (Wildman–Crippen MR) is 119 cm³/mol. The molecule has 2 N–H and O–H groups in total. The van der Waals surface area contributed by atoms with Gasteiger partial charge >= 0.3 is 5.97 Å². The van der Waals surface area contributed by atoms with Gasteiger partial charge in [-0.05, 0) is 43.7 Å². The second kappa shape index (κ2) is 10.0. The van der Waals surface area contributed by atoms with Crippen LogP contribution in [-0.4, -0.2) is 41.9 Å². The Hall–Kier alpha value is -3.10. The highest BCUT2D eigenvalue weighted by molar-refractivity contribution is 6.36. The van der Waals surface area contributed by atoms with E-state index in [0.717, 1.165) is 16.1 Å². The minimum atomic E-state index is -0.808. The van der Waals surface area contributed by atoms with E-state index in [1.165, 1.54) is 18.2 Å². The Kier molecular flexibility index (Phi) is 7.37. The molecule has 1 saturated heterocycles. The molecule has 0 saturated carbocycles. The lowest BCUT2D eigenvalue weighted by atomic mass is 10.1. The number of benzene rings is 2. The highest BCUT2D eigenvalue weighted by Gasteiger charge is 2.37. The summed E-state index contributed by atoms with van der Waals surface area (Å²) in [5, 5.41) is 4.22. The fraction of sp³-hybridized carbons (Fsp3) is 0.273. The van der Waals surface area contributed by atoms with Gasteiger partial charge < -0.3 is 10.1 Å². The molecule has 32 heavy (non-hydrogen) atoms. The first kappa shape index (κ1) is 23.6. The lowest BCUT2D eigenvalue weighted by Crippen LogP contribution is -2.43. The molecular formula is C22H21Cl2N3O5. The van der Waals surface area contributed by atoms with E-state index in [1.807, 2.05) is 26.0 Å². The number of nitrogens with zero attached hydrogens (tertiary/aromatic N) is 1. The molecular weight excluding hydrogens is 457 g/mol. The van der Waals surface area contributed by atoms with E-state index < -0.39 is 36.2 Å². The number of esters is 1. The molecule has 0 aromatic heterocycles. The first-order valence-corrected chi connectivity index (χ1v) is 10.5. The summed E-state index contributed by atoms with van der Waals surface area (Å²) < 4.78 is 5.06. The third-order valence-electron chi connectivity index (χ3n) is 4.87. The summed E-state index contributed by atoms with van der Waals surface area (Å²) in [6.07, 6.45) is -0.147. The van der Waals surface area contributed by atoms with Crippen molar-refractivity contribution in [3.05, 3.63) is 63.1 Å². The molecule has 1 heterocycles. The van der Waals surface area contributed by atoms with Gasteiger partial charge in [0.1, 0.15) is 0 Å². The van der Waals surface area contributed by atoms with Gasteiger partial charge in [0.05, 0.1) is 23.0 Å². The van der Waals surface area contributed by atoms with Crippen molar-refractivity contribution in [2.45, 2.75) is 20.3 Å². The van der Waals surface area contributed by atoms with Crippen LogP contribution in [-0.2, 0) is 19.1 Å². The molecule has 0 aliphatic carbocycles. The lowest BCUT2D eigenvalue weighted by molar-refractivity contribution is -0.151. The molecule has 2 aromatic rings. The van der Waals surface area contributed by atoms with Crippen molar-refractivity contribution in [2.24, 2.45) is 5.92 Å². The maximum absolute atomic E-state index is 12.4. The van der Waals surface area contributed by atoms with E-state index in [2.05, 4.69) is 10.7 Å². The molecule has 0 radical (unpaired) electrons. The van der Waals surface area contributed by atoms with Gasteiger partial charge in [-0.25, -0.2) is 0 Å². The minimum Gasteiger partial charge on any atom is -0.455 e. The van der Waals surface area contributed by atoms with Crippen LogP contribution < -0.4 is 10.7 Å². The van der Waals surface area contributed by atoms with Gasteiger partial charge in [-0.15, -0.1) is 0 Å². The molecule has 1 aliphatic rings. The van der Waals surface area contributed by atoms with Gasteiger partial charge in [-0.2, -0.15) is 0 Å². The summed E-state index contributed by atoms with van der Waals surface area (Å²) in [5.74, 6) is -3.06. The first-order valence-electron chi connectivity index (χ1n) is 9.74. The van der Waals surface area contributed by atoms with Crippen LogP contribution in [0, 0.1) is 19.8 Å². The molecule has 10 heteroatoms. The van der Waals surface area contributed by atoms with Crippen LogP contribution in [0.15, 0.2) is 36.4 Å². The van der Waals surface area contributed by atoms with Crippen LogP contribution in [0.25, 0.3) is 0 Å². The fourth-order valence-electron chi connectivity index (χ4n) is 3.22. The monoisotopic (exact) mass is 477 g/mol. The SMILES string of the molecule is Cc1ccc(NC(=O)COC(=O)[C@H]2CC(=O)N(NC(=O)c3ccc(Cl)cc3Cl)C2)c(C)c1. The van der Waals surface area contributed by atoms with Crippen LogP contribution in [0.3, 0.4) is 0 Å². The van der Waals surface area contributed by atoms with Gasteiger partial charge in [0, 0.05) is 17.1 Å². The Bertz CT molecular complexity index is 1090. The number of halogens is 2. The smallest absolute Gasteiger partial charge is 0.311 e. The van der Waals surface area contributed by atoms with Crippen molar-refractivity contribution in [1.29, 1.82) is 0 Å². The Morgan fingerprint density at radius 2 is 1.88 bits per heavy atom. The second-order valence-corrected chi connectivity index (χ2v) is 8.29. The Morgan fingerprint density at radius 3 is 2.56 bits per heavy atom. The average Bonchev–Trinajstić information content (AvgIpc) is 3.08. The van der Waals surface area contributed by atoms with Crippen molar-refractivity contribution in [2.75, 3.05) is 18.5 Å². The van der Waals surface area contributed by atoms with Crippen molar-refractivity contribution < 1.29 is 23.9 Å². The molecule has 0 unspecified atom stereocenters. The molecule has 8 nitrogen and oxygen atoms in total. The van der Waals surface area contributed by atoms with Gasteiger partial charge in [0.2, 0.25) is 5.91 Å². The molecule has 1 aliphatic heterocycles. The van der Waals surface area contributed by atoms with Crippen molar-refractivity contribution in [3.8, 4) is 0 Å². The normalized spacial score (nSPS) is 15.4. The van der Waals surface area contributed by atoms with Crippen LogP contribution in [0.2, 0.25) is 10.0 Å². The van der Waals surface area contributed by atoms with E-state index >= 15 is 0 Å². The standard InChI is InChI=1S/C22H21Cl2N3O5/c1-12-3-6-18(13(2)7-12)25-19(28)11-32-22(31)14-8-20(29)27(10-14)26-21(30)16-5-4-15(23)9-17(16)24/h3-7,9,14H,8,10-11H2,1-2H3,(H,25,28)(H,26,30)/t14-/m0/s1. The molecule has 2 aromatic carbocycles. The van der Waals surface area contributed by atoms with Crippen LogP contribution in [0.5, 0.6) is 0 Å².